The Morgan fingerprint density at radius 1 is 1.18 bits per heavy atom. The number of morpholine rings is 1. The number of ether oxygens (including phenoxy) is 3. The molecule has 2 aromatic rings. The molecule has 1 N–H and O–H groups in total. The number of rotatable bonds is 6. The molecule has 1 amide bonds. The van der Waals surface area contributed by atoms with Gasteiger partial charge in [0, 0.05) is 25.2 Å². The molecule has 11 heteroatoms. The molecule has 0 radical (unpaired) electrons. The third kappa shape index (κ3) is 4.09. The Morgan fingerprint density at radius 3 is 2.50 bits per heavy atom. The van der Waals surface area contributed by atoms with Gasteiger partial charge in [0.15, 0.2) is 11.5 Å². The predicted molar refractivity (Wildman–Crippen MR) is 99.2 cm³/mol. The average molecular weight is 389 g/mol. The van der Waals surface area contributed by atoms with Gasteiger partial charge >= 0.3 is 0 Å². The van der Waals surface area contributed by atoms with Crippen LogP contribution in [0.1, 0.15) is 10.4 Å². The molecule has 148 valence electrons. The van der Waals surface area contributed by atoms with Crippen molar-refractivity contribution in [3.05, 3.63) is 40.2 Å². The minimum atomic E-state index is -0.695. The number of hydrogen-bond acceptors (Lipinski definition) is 9. The van der Waals surface area contributed by atoms with E-state index in [1.807, 2.05) is 4.90 Å². The molecule has 0 bridgehead atoms. The number of nitrogens with zero attached hydrogens (tertiary/aromatic N) is 4. The van der Waals surface area contributed by atoms with E-state index in [9.17, 15) is 14.9 Å². The van der Waals surface area contributed by atoms with Crippen molar-refractivity contribution in [1.82, 2.24) is 9.97 Å². The minimum Gasteiger partial charge on any atom is -0.493 e. The Morgan fingerprint density at radius 2 is 1.86 bits per heavy atom. The van der Waals surface area contributed by atoms with Crippen LogP contribution >= 0.6 is 0 Å². The van der Waals surface area contributed by atoms with Crippen molar-refractivity contribution >= 4 is 23.2 Å². The van der Waals surface area contributed by atoms with Crippen LogP contribution in [-0.2, 0) is 4.74 Å². The smallest absolute Gasteiger partial charge is 0.286 e. The molecular formula is C17H19N5O6. The highest BCUT2D eigenvalue weighted by Crippen LogP contribution is 2.34. The van der Waals surface area contributed by atoms with Crippen molar-refractivity contribution in [3.8, 4) is 11.5 Å². The van der Waals surface area contributed by atoms with E-state index in [0.717, 1.165) is 6.07 Å². The van der Waals surface area contributed by atoms with Crippen LogP contribution in [-0.4, -0.2) is 61.3 Å². The maximum Gasteiger partial charge on any atom is 0.286 e. The molecule has 1 aromatic heterocycles. The van der Waals surface area contributed by atoms with Gasteiger partial charge < -0.3 is 24.4 Å². The molecule has 1 aromatic carbocycles. The summed E-state index contributed by atoms with van der Waals surface area (Å²) in [6, 6.07) is 4.01. The van der Waals surface area contributed by atoms with E-state index in [2.05, 4.69) is 15.3 Å². The number of nitrogens with one attached hydrogen (secondary N) is 1. The lowest BCUT2D eigenvalue weighted by Crippen LogP contribution is -2.36. The molecule has 11 nitrogen and oxygen atoms in total. The number of methoxy groups -OCH3 is 2. The van der Waals surface area contributed by atoms with E-state index in [4.69, 9.17) is 14.2 Å². The monoisotopic (exact) mass is 389 g/mol. The molecule has 28 heavy (non-hydrogen) atoms. The Labute approximate surface area is 160 Å². The maximum atomic E-state index is 12.7. The van der Waals surface area contributed by atoms with E-state index in [1.54, 1.807) is 6.07 Å². The van der Waals surface area contributed by atoms with Gasteiger partial charge in [-0.1, -0.05) is 0 Å². The Hall–Kier alpha value is -3.47. The van der Waals surface area contributed by atoms with E-state index < -0.39 is 16.5 Å². The molecular weight excluding hydrogens is 370 g/mol. The topological polar surface area (TPSA) is 129 Å². The molecule has 2 heterocycles. The number of nitro benzene ring substituents is 1. The van der Waals surface area contributed by atoms with Gasteiger partial charge in [0.05, 0.1) is 38.4 Å². The number of anilines is 2. The van der Waals surface area contributed by atoms with Crippen LogP contribution in [0.2, 0.25) is 0 Å². The fraction of sp³-hybridized carbons (Fsp3) is 0.353. The molecule has 1 aliphatic heterocycles. The second-order valence-electron chi connectivity index (χ2n) is 5.80. The van der Waals surface area contributed by atoms with Crippen LogP contribution in [0.5, 0.6) is 11.5 Å². The van der Waals surface area contributed by atoms with Gasteiger partial charge in [0.25, 0.3) is 11.6 Å². The lowest BCUT2D eigenvalue weighted by Gasteiger charge is -2.27. The van der Waals surface area contributed by atoms with Crippen molar-refractivity contribution in [2.24, 2.45) is 0 Å². The summed E-state index contributed by atoms with van der Waals surface area (Å²) in [5.74, 6) is 0.526. The first-order chi connectivity index (χ1) is 13.5. The fourth-order valence-corrected chi connectivity index (χ4v) is 2.77. The first kappa shape index (κ1) is 19.3. The molecule has 0 spiro atoms. The largest absolute Gasteiger partial charge is 0.493 e. The third-order valence-electron chi connectivity index (χ3n) is 4.17. The zero-order chi connectivity index (χ0) is 20.1. The second-order valence-corrected chi connectivity index (χ2v) is 5.80. The maximum absolute atomic E-state index is 12.7. The number of benzene rings is 1. The van der Waals surface area contributed by atoms with Gasteiger partial charge in [0.1, 0.15) is 23.5 Å². The Bertz CT molecular complexity index is 884. The number of hydrogen-bond donors (Lipinski definition) is 1. The van der Waals surface area contributed by atoms with Crippen LogP contribution in [0.15, 0.2) is 24.5 Å². The van der Waals surface area contributed by atoms with E-state index in [-0.39, 0.29) is 22.9 Å². The second kappa shape index (κ2) is 8.48. The van der Waals surface area contributed by atoms with Gasteiger partial charge in [-0.05, 0) is 0 Å². The zero-order valence-electron chi connectivity index (χ0n) is 15.4. The van der Waals surface area contributed by atoms with E-state index in [1.165, 1.54) is 26.6 Å². The summed E-state index contributed by atoms with van der Waals surface area (Å²) in [5, 5.41) is 14.0. The molecule has 0 aliphatic carbocycles. The summed E-state index contributed by atoms with van der Waals surface area (Å²) in [7, 11) is 2.74. The lowest BCUT2D eigenvalue weighted by atomic mass is 10.1. The first-order valence-corrected chi connectivity index (χ1v) is 8.40. The highest BCUT2D eigenvalue weighted by atomic mass is 16.6. The number of carbonyl (C=O) groups is 1. The van der Waals surface area contributed by atoms with Gasteiger partial charge in [-0.25, -0.2) is 9.97 Å². The normalized spacial score (nSPS) is 13.7. The van der Waals surface area contributed by atoms with E-state index in [0.29, 0.717) is 32.1 Å². The summed E-state index contributed by atoms with van der Waals surface area (Å²) < 4.78 is 15.5. The first-order valence-electron chi connectivity index (χ1n) is 8.40. The summed E-state index contributed by atoms with van der Waals surface area (Å²) >= 11 is 0. The van der Waals surface area contributed by atoms with Gasteiger partial charge in [-0.15, -0.1) is 0 Å². The molecule has 0 saturated carbocycles. The molecule has 0 atom stereocenters. The van der Waals surface area contributed by atoms with Gasteiger partial charge in [0.2, 0.25) is 0 Å². The van der Waals surface area contributed by atoms with Crippen LogP contribution in [0.25, 0.3) is 0 Å². The molecule has 1 fully saturated rings. The van der Waals surface area contributed by atoms with Crippen LogP contribution in [0.3, 0.4) is 0 Å². The fourth-order valence-electron chi connectivity index (χ4n) is 2.77. The summed E-state index contributed by atoms with van der Waals surface area (Å²) in [4.78, 5) is 33.6. The predicted octanol–water partition coefficient (Wildman–Crippen LogP) is 1.49. The van der Waals surface area contributed by atoms with Crippen molar-refractivity contribution in [2.45, 2.75) is 0 Å². The Balaban J connectivity index is 1.87. The standard InChI is InChI=1S/C17H19N5O6/c1-26-13-7-11(12(22(24)25)8-14(13)27-2)17(23)20-15-9-16(19-10-18-15)21-3-5-28-6-4-21/h7-10H,3-6H2,1-2H3,(H,18,19,20,23). The van der Waals surface area contributed by atoms with Crippen molar-refractivity contribution in [1.29, 1.82) is 0 Å². The Kier molecular flexibility index (Phi) is 5.84. The SMILES string of the molecule is COc1cc(C(=O)Nc2cc(N3CCOCC3)ncn2)c([N+](=O)[O-])cc1OC. The van der Waals surface area contributed by atoms with Crippen molar-refractivity contribution in [3.63, 3.8) is 0 Å². The van der Waals surface area contributed by atoms with Crippen LogP contribution < -0.4 is 19.7 Å². The highest BCUT2D eigenvalue weighted by molar-refractivity contribution is 6.07. The molecule has 1 aliphatic rings. The minimum absolute atomic E-state index is 0.155. The zero-order valence-corrected chi connectivity index (χ0v) is 15.4. The third-order valence-corrected chi connectivity index (χ3v) is 4.17. The summed E-state index contributed by atoms with van der Waals surface area (Å²) in [6.07, 6.45) is 1.32. The van der Waals surface area contributed by atoms with Gasteiger partial charge in [-0.3, -0.25) is 14.9 Å². The number of nitro groups is 1. The molecule has 0 unspecified atom stereocenters. The highest BCUT2D eigenvalue weighted by Gasteiger charge is 2.25. The molecule has 1 saturated heterocycles. The number of aromatic nitrogens is 2. The number of carbonyl (C=O) groups excluding carboxylic acids is 1. The quantitative estimate of drug-likeness (QED) is 0.577. The number of amides is 1. The summed E-state index contributed by atoms with van der Waals surface area (Å²) in [5.41, 5.74) is -0.577. The van der Waals surface area contributed by atoms with E-state index >= 15 is 0 Å². The molecule has 3 rings (SSSR count). The van der Waals surface area contributed by atoms with Crippen molar-refractivity contribution in [2.75, 3.05) is 50.7 Å². The van der Waals surface area contributed by atoms with Crippen LogP contribution in [0, 0.1) is 10.1 Å². The lowest BCUT2D eigenvalue weighted by molar-refractivity contribution is -0.385. The summed E-state index contributed by atoms with van der Waals surface area (Å²) in [6.45, 7) is 2.52. The van der Waals surface area contributed by atoms with Crippen LogP contribution in [0.4, 0.5) is 17.3 Å². The average Bonchev–Trinajstić information content (AvgIpc) is 2.73. The van der Waals surface area contributed by atoms with Gasteiger partial charge in [-0.2, -0.15) is 0 Å². The van der Waals surface area contributed by atoms with Crippen molar-refractivity contribution < 1.29 is 23.9 Å².